The lowest BCUT2D eigenvalue weighted by Crippen LogP contribution is -2.06. The monoisotopic (exact) mass is 251 g/mol. The fourth-order valence-electron chi connectivity index (χ4n) is 0.916. The maximum Gasteiger partial charge on any atom is 0.280 e. The number of aromatic nitrogens is 1. The third kappa shape index (κ3) is 2.13. The number of hydrogen-bond donors (Lipinski definition) is 2. The van der Waals surface area contributed by atoms with Gasteiger partial charge in [0.25, 0.3) is 6.43 Å². The van der Waals surface area contributed by atoms with Gasteiger partial charge in [0.15, 0.2) is 0 Å². The van der Waals surface area contributed by atoms with Gasteiger partial charge in [0, 0.05) is 6.54 Å². The van der Waals surface area contributed by atoms with Gasteiger partial charge in [-0.15, -0.1) is 0 Å². The van der Waals surface area contributed by atoms with Crippen molar-refractivity contribution in [3.8, 4) is 0 Å². The fourth-order valence-corrected chi connectivity index (χ4v) is 1.22. The van der Waals surface area contributed by atoms with Gasteiger partial charge < -0.3 is 11.5 Å². The number of halogens is 3. The van der Waals surface area contributed by atoms with E-state index in [4.69, 9.17) is 11.5 Å². The van der Waals surface area contributed by atoms with Gasteiger partial charge >= 0.3 is 0 Å². The van der Waals surface area contributed by atoms with Crippen LogP contribution in [0.15, 0.2) is 10.7 Å². The van der Waals surface area contributed by atoms with E-state index in [1.807, 2.05) is 0 Å². The third-order valence-electron chi connectivity index (χ3n) is 1.54. The Balaban J connectivity index is 3.25. The van der Waals surface area contributed by atoms with Crippen LogP contribution in [-0.4, -0.2) is 4.98 Å². The van der Waals surface area contributed by atoms with Gasteiger partial charge in [-0.1, -0.05) is 0 Å². The van der Waals surface area contributed by atoms with Gasteiger partial charge in [-0.05, 0) is 27.6 Å². The lowest BCUT2D eigenvalue weighted by Gasteiger charge is -2.07. The molecule has 0 fully saturated rings. The highest BCUT2D eigenvalue weighted by molar-refractivity contribution is 9.10. The second-order valence-electron chi connectivity index (χ2n) is 2.42. The van der Waals surface area contributed by atoms with Gasteiger partial charge in [0.2, 0.25) is 0 Å². The fraction of sp³-hybridized carbons (Fsp3) is 0.286. The van der Waals surface area contributed by atoms with E-state index >= 15 is 0 Å². The number of nitrogens with two attached hydrogens (primary N) is 2. The van der Waals surface area contributed by atoms with Crippen molar-refractivity contribution >= 4 is 21.6 Å². The molecule has 4 N–H and O–H groups in total. The molecule has 0 spiro atoms. The van der Waals surface area contributed by atoms with Crippen LogP contribution in [0.25, 0.3) is 0 Å². The lowest BCUT2D eigenvalue weighted by atomic mass is 10.2. The summed E-state index contributed by atoms with van der Waals surface area (Å²) in [6, 6.07) is 1.40. The molecule has 0 unspecified atom stereocenters. The summed E-state index contributed by atoms with van der Waals surface area (Å²) in [5.41, 5.74) is 11.0. The Labute approximate surface area is 82.3 Å². The summed E-state index contributed by atoms with van der Waals surface area (Å²) in [7, 11) is 0. The van der Waals surface area contributed by atoms with Gasteiger partial charge in [0.05, 0.1) is 5.69 Å². The molecule has 0 bridgehead atoms. The molecular weight excluding hydrogens is 244 g/mol. The maximum atomic E-state index is 12.3. The Morgan fingerprint density at radius 1 is 1.54 bits per heavy atom. The van der Waals surface area contributed by atoms with Crippen molar-refractivity contribution in [3.63, 3.8) is 0 Å². The molecule has 0 aliphatic rings. The summed E-state index contributed by atoms with van der Waals surface area (Å²) in [6.45, 7) is 0.00412. The standard InChI is InChI=1S/C7H8BrF2N3/c8-6-4(12)1-3(2-11)5(13-6)7(9)10/h1,7H,2,11-12H2. The molecule has 0 saturated heterocycles. The number of nitrogen functional groups attached to an aromatic ring is 1. The molecule has 0 amide bonds. The van der Waals surface area contributed by atoms with Crippen molar-refractivity contribution in [2.75, 3.05) is 5.73 Å². The molecule has 1 rings (SSSR count). The summed E-state index contributed by atoms with van der Waals surface area (Å²) in [5, 5.41) is 0. The van der Waals surface area contributed by atoms with Crippen LogP contribution in [0, 0.1) is 0 Å². The second kappa shape index (κ2) is 3.97. The molecule has 3 nitrogen and oxygen atoms in total. The first-order valence-corrected chi connectivity index (χ1v) is 4.28. The van der Waals surface area contributed by atoms with Crippen LogP contribution in [0.3, 0.4) is 0 Å². The average molecular weight is 252 g/mol. The number of hydrogen-bond acceptors (Lipinski definition) is 3. The van der Waals surface area contributed by atoms with Crippen molar-refractivity contribution in [1.29, 1.82) is 0 Å². The molecule has 1 aromatic heterocycles. The number of rotatable bonds is 2. The third-order valence-corrected chi connectivity index (χ3v) is 2.18. The first-order chi connectivity index (χ1) is 6.06. The minimum absolute atomic E-state index is 0.00412. The normalized spacial score (nSPS) is 10.8. The van der Waals surface area contributed by atoms with Crippen molar-refractivity contribution in [3.05, 3.63) is 21.9 Å². The summed E-state index contributed by atoms with van der Waals surface area (Å²) in [4.78, 5) is 3.60. The highest BCUT2D eigenvalue weighted by atomic mass is 79.9. The van der Waals surface area contributed by atoms with Crippen LogP contribution in [0.4, 0.5) is 14.5 Å². The van der Waals surface area contributed by atoms with Crippen LogP contribution in [0.5, 0.6) is 0 Å². The van der Waals surface area contributed by atoms with Gasteiger partial charge in [-0.2, -0.15) is 0 Å². The van der Waals surface area contributed by atoms with Crippen molar-refractivity contribution in [1.82, 2.24) is 4.98 Å². The predicted molar refractivity (Wildman–Crippen MR) is 49.2 cm³/mol. The maximum absolute atomic E-state index is 12.3. The summed E-state index contributed by atoms with van der Waals surface area (Å²) in [6.07, 6.45) is -2.63. The van der Waals surface area contributed by atoms with Crippen LogP contribution in [-0.2, 0) is 6.54 Å². The highest BCUT2D eigenvalue weighted by Gasteiger charge is 2.15. The van der Waals surface area contributed by atoms with E-state index in [9.17, 15) is 8.78 Å². The van der Waals surface area contributed by atoms with Crippen molar-refractivity contribution in [2.24, 2.45) is 5.73 Å². The first kappa shape index (κ1) is 10.3. The molecule has 0 aliphatic carbocycles. The van der Waals surface area contributed by atoms with Crippen LogP contribution < -0.4 is 11.5 Å². The molecule has 1 heterocycles. The Bertz CT molecular complexity index is 317. The predicted octanol–water partition coefficient (Wildman–Crippen LogP) is 1.82. The molecule has 6 heteroatoms. The zero-order valence-corrected chi connectivity index (χ0v) is 8.18. The van der Waals surface area contributed by atoms with E-state index in [-0.39, 0.29) is 22.4 Å². The van der Waals surface area contributed by atoms with E-state index < -0.39 is 6.43 Å². The minimum Gasteiger partial charge on any atom is -0.397 e. The number of pyridine rings is 1. The summed E-state index contributed by atoms with van der Waals surface area (Å²) < 4.78 is 24.9. The Morgan fingerprint density at radius 2 is 2.15 bits per heavy atom. The van der Waals surface area contributed by atoms with E-state index in [1.165, 1.54) is 6.07 Å². The summed E-state index contributed by atoms with van der Waals surface area (Å²) >= 11 is 2.97. The molecule has 72 valence electrons. The number of nitrogens with zero attached hydrogens (tertiary/aromatic N) is 1. The smallest absolute Gasteiger partial charge is 0.280 e. The molecule has 0 aromatic carbocycles. The molecule has 0 saturated carbocycles. The largest absolute Gasteiger partial charge is 0.397 e. The number of anilines is 1. The molecule has 0 atom stereocenters. The molecule has 0 radical (unpaired) electrons. The molecule has 0 aliphatic heterocycles. The Hall–Kier alpha value is -0.750. The Kier molecular flexibility index (Phi) is 3.16. The van der Waals surface area contributed by atoms with Crippen molar-refractivity contribution in [2.45, 2.75) is 13.0 Å². The topological polar surface area (TPSA) is 64.9 Å². The van der Waals surface area contributed by atoms with E-state index in [2.05, 4.69) is 20.9 Å². The molecule has 13 heavy (non-hydrogen) atoms. The zero-order chi connectivity index (χ0) is 10.0. The van der Waals surface area contributed by atoms with Gasteiger partial charge in [-0.3, -0.25) is 0 Å². The molecule has 1 aromatic rings. The first-order valence-electron chi connectivity index (χ1n) is 3.49. The summed E-state index contributed by atoms with van der Waals surface area (Å²) in [5.74, 6) is 0. The minimum atomic E-state index is -2.63. The van der Waals surface area contributed by atoms with Gasteiger partial charge in [0.1, 0.15) is 10.3 Å². The van der Waals surface area contributed by atoms with E-state index in [0.29, 0.717) is 5.69 Å². The SMILES string of the molecule is NCc1cc(N)c(Br)nc1C(F)F. The van der Waals surface area contributed by atoms with Crippen LogP contribution in [0.1, 0.15) is 17.7 Å². The Morgan fingerprint density at radius 3 is 2.62 bits per heavy atom. The number of alkyl halides is 2. The quantitative estimate of drug-likeness (QED) is 0.789. The molecular formula is C7H8BrF2N3. The van der Waals surface area contributed by atoms with Crippen molar-refractivity contribution < 1.29 is 8.78 Å². The van der Waals surface area contributed by atoms with Crippen LogP contribution in [0.2, 0.25) is 0 Å². The second-order valence-corrected chi connectivity index (χ2v) is 3.17. The average Bonchev–Trinajstić information content (AvgIpc) is 2.08. The van der Waals surface area contributed by atoms with E-state index in [0.717, 1.165) is 0 Å². The van der Waals surface area contributed by atoms with Crippen LogP contribution >= 0.6 is 15.9 Å². The van der Waals surface area contributed by atoms with E-state index in [1.54, 1.807) is 0 Å². The lowest BCUT2D eigenvalue weighted by molar-refractivity contribution is 0.144. The van der Waals surface area contributed by atoms with Gasteiger partial charge in [-0.25, -0.2) is 13.8 Å². The zero-order valence-electron chi connectivity index (χ0n) is 6.60. The highest BCUT2D eigenvalue weighted by Crippen LogP contribution is 2.26.